The number of hydrogen-bond donors (Lipinski definition) is 1. The molecular formula is C17H22N4O3. The summed E-state index contributed by atoms with van der Waals surface area (Å²) in [4.78, 5) is 29.4. The maximum atomic E-state index is 12.6. The monoisotopic (exact) mass is 330 g/mol. The summed E-state index contributed by atoms with van der Waals surface area (Å²) in [6, 6.07) is 1.79. The minimum absolute atomic E-state index is 0.0106. The summed E-state index contributed by atoms with van der Waals surface area (Å²) in [6.45, 7) is 7.91. The molecule has 3 rings (SSSR count). The van der Waals surface area contributed by atoms with Gasteiger partial charge in [0.1, 0.15) is 5.76 Å². The average molecular weight is 330 g/mol. The molecule has 2 aromatic rings. The normalized spacial score (nSPS) is 15.6. The van der Waals surface area contributed by atoms with Gasteiger partial charge in [0.25, 0.3) is 0 Å². The van der Waals surface area contributed by atoms with E-state index in [1.807, 2.05) is 6.92 Å². The quantitative estimate of drug-likeness (QED) is 0.669. The minimum atomic E-state index is -0.540. The summed E-state index contributed by atoms with van der Waals surface area (Å²) >= 11 is 0. The van der Waals surface area contributed by atoms with E-state index in [0.29, 0.717) is 29.1 Å². The molecule has 0 spiro atoms. The second kappa shape index (κ2) is 6.60. The van der Waals surface area contributed by atoms with Crippen LogP contribution in [0, 0.1) is 0 Å². The summed E-state index contributed by atoms with van der Waals surface area (Å²) in [5.74, 6) is 0.499. The molecule has 0 amide bonds. The van der Waals surface area contributed by atoms with E-state index in [1.54, 1.807) is 23.9 Å². The molecule has 1 fully saturated rings. The van der Waals surface area contributed by atoms with Gasteiger partial charge in [0.15, 0.2) is 5.65 Å². The van der Waals surface area contributed by atoms with Crippen molar-refractivity contribution >= 4 is 16.9 Å². The van der Waals surface area contributed by atoms with E-state index >= 15 is 0 Å². The van der Waals surface area contributed by atoms with Crippen LogP contribution >= 0.6 is 0 Å². The van der Waals surface area contributed by atoms with Crippen LogP contribution in [0.15, 0.2) is 28.4 Å². The lowest BCUT2D eigenvalue weighted by Crippen LogP contribution is -2.44. The van der Waals surface area contributed by atoms with Gasteiger partial charge in [-0.25, -0.2) is 4.98 Å². The third kappa shape index (κ3) is 2.75. The van der Waals surface area contributed by atoms with Gasteiger partial charge in [-0.2, -0.15) is 0 Å². The Morgan fingerprint density at radius 1 is 1.38 bits per heavy atom. The van der Waals surface area contributed by atoms with Crippen LogP contribution in [0.4, 0.5) is 0 Å². The first-order valence-corrected chi connectivity index (χ1v) is 8.18. The standard InChI is InChI=1S/C17H22N4O3/c1-4-24-11(2)12-9-14-15(19-10-12)21(13-5-7-18-8-6-13)17(23)16(22)20(14)3/h9-10,13,18H,2,4-8H2,1,3H3. The maximum Gasteiger partial charge on any atom is 0.318 e. The van der Waals surface area contributed by atoms with Crippen molar-refractivity contribution in [1.82, 2.24) is 19.4 Å². The zero-order chi connectivity index (χ0) is 17.3. The van der Waals surface area contributed by atoms with Gasteiger partial charge in [0, 0.05) is 24.8 Å². The fourth-order valence-corrected chi connectivity index (χ4v) is 3.14. The van der Waals surface area contributed by atoms with Crippen LogP contribution in [0.5, 0.6) is 0 Å². The predicted molar refractivity (Wildman–Crippen MR) is 93.0 cm³/mol. The lowest BCUT2D eigenvalue weighted by Gasteiger charge is -2.26. The second-order valence-corrected chi connectivity index (χ2v) is 5.94. The van der Waals surface area contributed by atoms with Gasteiger partial charge in [-0.05, 0) is 38.9 Å². The van der Waals surface area contributed by atoms with Crippen molar-refractivity contribution in [3.63, 3.8) is 0 Å². The summed E-state index contributed by atoms with van der Waals surface area (Å²) in [5, 5.41) is 3.27. The molecule has 1 saturated heterocycles. The molecule has 0 aromatic carbocycles. The third-order valence-corrected chi connectivity index (χ3v) is 4.46. The molecule has 0 radical (unpaired) electrons. The summed E-state index contributed by atoms with van der Waals surface area (Å²) < 4.78 is 8.33. The fourth-order valence-electron chi connectivity index (χ4n) is 3.14. The van der Waals surface area contributed by atoms with Crippen LogP contribution in [-0.4, -0.2) is 33.8 Å². The smallest absolute Gasteiger partial charge is 0.318 e. The Kier molecular flexibility index (Phi) is 4.53. The molecule has 2 aromatic heterocycles. The van der Waals surface area contributed by atoms with Crippen molar-refractivity contribution in [3.8, 4) is 0 Å². The van der Waals surface area contributed by atoms with E-state index in [9.17, 15) is 9.59 Å². The SMILES string of the molecule is C=C(OCC)c1cnc2c(c1)n(C)c(=O)c(=O)n2C1CCNCC1. The first-order chi connectivity index (χ1) is 11.5. The topological polar surface area (TPSA) is 78.2 Å². The van der Waals surface area contributed by atoms with Gasteiger partial charge in [-0.15, -0.1) is 0 Å². The van der Waals surface area contributed by atoms with E-state index in [4.69, 9.17) is 4.74 Å². The molecule has 1 N–H and O–H groups in total. The van der Waals surface area contributed by atoms with Crippen LogP contribution in [-0.2, 0) is 11.8 Å². The van der Waals surface area contributed by atoms with Crippen molar-refractivity contribution in [1.29, 1.82) is 0 Å². The number of pyridine rings is 1. The number of aromatic nitrogens is 3. The largest absolute Gasteiger partial charge is 0.494 e. The van der Waals surface area contributed by atoms with Crippen molar-refractivity contribution in [2.45, 2.75) is 25.8 Å². The van der Waals surface area contributed by atoms with Gasteiger partial charge in [0.2, 0.25) is 0 Å². The van der Waals surface area contributed by atoms with Crippen molar-refractivity contribution < 1.29 is 4.74 Å². The number of nitrogens with zero attached hydrogens (tertiary/aromatic N) is 3. The molecular weight excluding hydrogens is 308 g/mol. The molecule has 1 aliphatic rings. The molecule has 3 heterocycles. The van der Waals surface area contributed by atoms with Crippen molar-refractivity contribution in [3.05, 3.63) is 45.1 Å². The number of nitrogens with one attached hydrogen (secondary N) is 1. The highest BCUT2D eigenvalue weighted by Crippen LogP contribution is 2.22. The van der Waals surface area contributed by atoms with Crippen LogP contribution < -0.4 is 16.4 Å². The van der Waals surface area contributed by atoms with Gasteiger partial charge in [0.05, 0.1) is 12.1 Å². The molecule has 0 unspecified atom stereocenters. The zero-order valence-electron chi connectivity index (χ0n) is 14.0. The van der Waals surface area contributed by atoms with E-state index in [1.165, 1.54) is 4.57 Å². The fraction of sp³-hybridized carbons (Fsp3) is 0.471. The zero-order valence-corrected chi connectivity index (χ0v) is 14.0. The highest BCUT2D eigenvalue weighted by atomic mass is 16.5. The van der Waals surface area contributed by atoms with Gasteiger partial charge >= 0.3 is 11.1 Å². The van der Waals surface area contributed by atoms with Gasteiger partial charge < -0.3 is 14.6 Å². The van der Waals surface area contributed by atoms with Gasteiger partial charge in [-0.1, -0.05) is 6.58 Å². The Labute approximate surface area is 139 Å². The molecule has 128 valence electrons. The number of piperidine rings is 1. The average Bonchev–Trinajstić information content (AvgIpc) is 2.61. The number of ether oxygens (including phenoxy) is 1. The molecule has 0 atom stereocenters. The molecule has 0 saturated carbocycles. The van der Waals surface area contributed by atoms with Crippen LogP contribution in [0.25, 0.3) is 16.9 Å². The molecule has 7 nitrogen and oxygen atoms in total. The van der Waals surface area contributed by atoms with E-state index in [0.717, 1.165) is 25.9 Å². The molecule has 0 aliphatic carbocycles. The summed E-state index contributed by atoms with van der Waals surface area (Å²) in [5.41, 5.74) is 0.788. The summed E-state index contributed by atoms with van der Waals surface area (Å²) in [7, 11) is 1.59. The Hall–Kier alpha value is -2.41. The van der Waals surface area contributed by atoms with Crippen molar-refractivity contribution in [2.75, 3.05) is 19.7 Å². The van der Waals surface area contributed by atoms with Crippen molar-refractivity contribution in [2.24, 2.45) is 7.05 Å². The third-order valence-electron chi connectivity index (χ3n) is 4.46. The first kappa shape index (κ1) is 16.4. The number of fused-ring (bicyclic) bond motifs is 1. The minimum Gasteiger partial charge on any atom is -0.494 e. The van der Waals surface area contributed by atoms with E-state index < -0.39 is 11.1 Å². The Bertz CT molecular complexity index is 891. The Morgan fingerprint density at radius 3 is 2.75 bits per heavy atom. The highest BCUT2D eigenvalue weighted by Gasteiger charge is 2.22. The number of aryl methyl sites for hydroxylation is 1. The maximum absolute atomic E-state index is 12.6. The summed E-state index contributed by atoms with van der Waals surface area (Å²) in [6.07, 6.45) is 3.25. The molecule has 0 bridgehead atoms. The Balaban J connectivity index is 2.23. The number of rotatable bonds is 4. The van der Waals surface area contributed by atoms with E-state index in [2.05, 4.69) is 16.9 Å². The van der Waals surface area contributed by atoms with Crippen LogP contribution in [0.3, 0.4) is 0 Å². The Morgan fingerprint density at radius 2 is 2.08 bits per heavy atom. The van der Waals surface area contributed by atoms with Crippen LogP contribution in [0.1, 0.15) is 31.4 Å². The van der Waals surface area contributed by atoms with Crippen LogP contribution in [0.2, 0.25) is 0 Å². The first-order valence-electron chi connectivity index (χ1n) is 8.18. The molecule has 7 heteroatoms. The van der Waals surface area contributed by atoms with E-state index in [-0.39, 0.29) is 6.04 Å². The molecule has 1 aliphatic heterocycles. The predicted octanol–water partition coefficient (Wildman–Crippen LogP) is 1.03. The molecule has 24 heavy (non-hydrogen) atoms. The lowest BCUT2D eigenvalue weighted by atomic mass is 10.1. The highest BCUT2D eigenvalue weighted by molar-refractivity contribution is 5.75. The number of hydrogen-bond acceptors (Lipinski definition) is 5. The lowest BCUT2D eigenvalue weighted by molar-refractivity contribution is 0.299. The van der Waals surface area contributed by atoms with Gasteiger partial charge in [-0.3, -0.25) is 14.2 Å². The second-order valence-electron chi connectivity index (χ2n) is 5.94.